The van der Waals surface area contributed by atoms with Gasteiger partial charge in [0.15, 0.2) is 0 Å². The zero-order valence-electron chi connectivity index (χ0n) is 8.72. The van der Waals surface area contributed by atoms with Crippen molar-refractivity contribution in [2.24, 2.45) is 0 Å². The van der Waals surface area contributed by atoms with Crippen molar-refractivity contribution >= 4 is 48.9 Å². The lowest BCUT2D eigenvalue weighted by molar-refractivity contribution is 0.870. The number of rotatable bonds is 2. The van der Waals surface area contributed by atoms with Crippen LogP contribution in [0, 0.1) is 0 Å². The molecule has 0 saturated carbocycles. The zero-order chi connectivity index (χ0) is 11.8. The third-order valence-electron chi connectivity index (χ3n) is 2.48. The minimum atomic E-state index is 0.107. The van der Waals surface area contributed by atoms with Crippen LogP contribution in [0.25, 0.3) is 10.1 Å². The molecule has 0 saturated heterocycles. The molecule has 0 N–H and O–H groups in total. The van der Waals surface area contributed by atoms with Crippen LogP contribution in [0.1, 0.15) is 4.88 Å². The minimum Gasteiger partial charge on any atom is -0.268 e. The molecule has 86 valence electrons. The Bertz CT molecular complexity index is 725. The SMILES string of the molecule is O=c1c2ccccc2sn1Cc1ccc(Br)s1. The van der Waals surface area contributed by atoms with E-state index in [0.717, 1.165) is 13.9 Å². The maximum absolute atomic E-state index is 12.1. The summed E-state index contributed by atoms with van der Waals surface area (Å²) in [7, 11) is 0. The lowest BCUT2D eigenvalue weighted by Crippen LogP contribution is -2.12. The summed E-state index contributed by atoms with van der Waals surface area (Å²) in [6.07, 6.45) is 0. The number of hydrogen-bond donors (Lipinski definition) is 0. The van der Waals surface area contributed by atoms with Gasteiger partial charge < -0.3 is 0 Å². The van der Waals surface area contributed by atoms with E-state index < -0.39 is 0 Å². The summed E-state index contributed by atoms with van der Waals surface area (Å²) in [6, 6.07) is 11.8. The molecular weight excluding hydrogens is 318 g/mol. The van der Waals surface area contributed by atoms with Crippen LogP contribution in [0.15, 0.2) is 45.0 Å². The molecule has 0 amide bonds. The van der Waals surface area contributed by atoms with Gasteiger partial charge in [0.05, 0.1) is 20.4 Å². The summed E-state index contributed by atoms with van der Waals surface area (Å²) in [5, 5.41) is 0.813. The maximum Gasteiger partial charge on any atom is 0.268 e. The van der Waals surface area contributed by atoms with Crippen LogP contribution >= 0.6 is 38.8 Å². The minimum absolute atomic E-state index is 0.107. The summed E-state index contributed by atoms with van der Waals surface area (Å²) < 4.78 is 3.96. The molecule has 0 aliphatic heterocycles. The van der Waals surface area contributed by atoms with E-state index in [-0.39, 0.29) is 5.56 Å². The Morgan fingerprint density at radius 3 is 2.71 bits per heavy atom. The Labute approximate surface area is 114 Å². The van der Waals surface area contributed by atoms with E-state index in [1.807, 2.05) is 40.4 Å². The first-order chi connectivity index (χ1) is 8.24. The fraction of sp³-hybridized carbons (Fsp3) is 0.0833. The van der Waals surface area contributed by atoms with Crippen LogP contribution in [0.2, 0.25) is 0 Å². The highest BCUT2D eigenvalue weighted by molar-refractivity contribution is 9.11. The van der Waals surface area contributed by atoms with E-state index in [2.05, 4.69) is 15.9 Å². The number of benzene rings is 1. The molecule has 0 bridgehead atoms. The van der Waals surface area contributed by atoms with Crippen LogP contribution in [0.4, 0.5) is 0 Å². The first kappa shape index (κ1) is 11.2. The lowest BCUT2D eigenvalue weighted by Gasteiger charge is -1.95. The Morgan fingerprint density at radius 1 is 1.18 bits per heavy atom. The van der Waals surface area contributed by atoms with Gasteiger partial charge in [-0.1, -0.05) is 23.7 Å². The second-order valence-corrected chi connectivity index (χ2v) is 7.25. The fourth-order valence-corrected chi connectivity index (χ4v) is 4.27. The predicted octanol–water partition coefficient (Wildman–Crippen LogP) is 3.94. The van der Waals surface area contributed by atoms with E-state index in [1.54, 1.807) is 11.3 Å². The van der Waals surface area contributed by atoms with Crippen molar-refractivity contribution in [1.29, 1.82) is 0 Å². The van der Waals surface area contributed by atoms with E-state index in [1.165, 1.54) is 16.4 Å². The fourth-order valence-electron chi connectivity index (χ4n) is 1.70. The summed E-state index contributed by atoms with van der Waals surface area (Å²) in [6.45, 7) is 0.661. The van der Waals surface area contributed by atoms with Gasteiger partial charge in [-0.15, -0.1) is 11.3 Å². The van der Waals surface area contributed by atoms with E-state index >= 15 is 0 Å². The number of halogens is 1. The second kappa shape index (κ2) is 4.40. The molecule has 0 spiro atoms. The molecule has 0 aliphatic rings. The number of hydrogen-bond acceptors (Lipinski definition) is 3. The van der Waals surface area contributed by atoms with Gasteiger partial charge in [0, 0.05) is 4.88 Å². The molecule has 0 unspecified atom stereocenters. The van der Waals surface area contributed by atoms with E-state index in [9.17, 15) is 4.79 Å². The van der Waals surface area contributed by atoms with Crippen molar-refractivity contribution in [3.05, 3.63) is 55.4 Å². The normalized spacial score (nSPS) is 11.1. The molecule has 1 aromatic carbocycles. The predicted molar refractivity (Wildman–Crippen MR) is 77.2 cm³/mol. The van der Waals surface area contributed by atoms with Crippen molar-refractivity contribution < 1.29 is 0 Å². The summed E-state index contributed by atoms with van der Waals surface area (Å²) in [5.74, 6) is 0. The average molecular weight is 326 g/mol. The average Bonchev–Trinajstić information content (AvgIpc) is 2.86. The molecule has 3 rings (SSSR count). The highest BCUT2D eigenvalue weighted by atomic mass is 79.9. The van der Waals surface area contributed by atoms with Crippen LogP contribution in [0.5, 0.6) is 0 Å². The van der Waals surface area contributed by atoms with Gasteiger partial charge in [-0.3, -0.25) is 8.75 Å². The number of nitrogens with zero attached hydrogens (tertiary/aromatic N) is 1. The van der Waals surface area contributed by atoms with E-state index in [0.29, 0.717) is 6.54 Å². The Balaban J connectivity index is 2.06. The molecule has 0 fully saturated rings. The number of thiophene rings is 1. The van der Waals surface area contributed by atoms with Gasteiger partial charge >= 0.3 is 0 Å². The Morgan fingerprint density at radius 2 is 2.00 bits per heavy atom. The molecule has 5 heteroatoms. The largest absolute Gasteiger partial charge is 0.268 e. The molecular formula is C12H8BrNOS2. The molecule has 2 heterocycles. The molecule has 2 nitrogen and oxygen atoms in total. The smallest absolute Gasteiger partial charge is 0.268 e. The van der Waals surface area contributed by atoms with Gasteiger partial charge in [-0.25, -0.2) is 0 Å². The number of aromatic nitrogens is 1. The van der Waals surface area contributed by atoms with Gasteiger partial charge in [-0.05, 0) is 40.2 Å². The second-order valence-electron chi connectivity index (χ2n) is 3.64. The summed E-state index contributed by atoms with van der Waals surface area (Å²) >= 11 is 6.62. The van der Waals surface area contributed by atoms with Crippen molar-refractivity contribution in [2.45, 2.75) is 6.54 Å². The topological polar surface area (TPSA) is 22.0 Å². The van der Waals surface area contributed by atoms with E-state index in [4.69, 9.17) is 0 Å². The third-order valence-corrected chi connectivity index (χ3v) is 5.16. The monoisotopic (exact) mass is 325 g/mol. The van der Waals surface area contributed by atoms with Gasteiger partial charge in [-0.2, -0.15) is 0 Å². The molecule has 0 atom stereocenters. The highest BCUT2D eigenvalue weighted by Crippen LogP contribution is 2.24. The molecule has 0 aliphatic carbocycles. The van der Waals surface area contributed by atoms with Crippen molar-refractivity contribution in [2.75, 3.05) is 0 Å². The van der Waals surface area contributed by atoms with Crippen LogP contribution < -0.4 is 5.56 Å². The molecule has 0 radical (unpaired) electrons. The molecule has 17 heavy (non-hydrogen) atoms. The van der Waals surface area contributed by atoms with Gasteiger partial charge in [0.2, 0.25) is 0 Å². The quantitative estimate of drug-likeness (QED) is 0.699. The third kappa shape index (κ3) is 2.10. The summed E-state index contributed by atoms with van der Waals surface area (Å²) in [4.78, 5) is 13.3. The molecule has 2 aromatic heterocycles. The first-order valence-electron chi connectivity index (χ1n) is 5.07. The van der Waals surface area contributed by atoms with Crippen LogP contribution in [-0.2, 0) is 6.54 Å². The summed E-state index contributed by atoms with van der Waals surface area (Å²) in [5.41, 5.74) is 0.107. The molecule has 3 aromatic rings. The van der Waals surface area contributed by atoms with Crippen molar-refractivity contribution in [1.82, 2.24) is 3.96 Å². The van der Waals surface area contributed by atoms with Crippen molar-refractivity contribution in [3.8, 4) is 0 Å². The standard InChI is InChI=1S/C12H8BrNOS2/c13-11-6-5-8(16-11)7-14-12(15)9-3-1-2-4-10(9)17-14/h1-6H,7H2. The van der Waals surface area contributed by atoms with Gasteiger partial charge in [0.25, 0.3) is 5.56 Å². The Kier molecular flexibility index (Phi) is 2.90. The van der Waals surface area contributed by atoms with Crippen molar-refractivity contribution in [3.63, 3.8) is 0 Å². The highest BCUT2D eigenvalue weighted by Gasteiger charge is 2.07. The number of fused-ring (bicyclic) bond motifs is 1. The zero-order valence-corrected chi connectivity index (χ0v) is 11.9. The first-order valence-corrected chi connectivity index (χ1v) is 7.45. The van der Waals surface area contributed by atoms with Crippen LogP contribution in [0.3, 0.4) is 0 Å². The van der Waals surface area contributed by atoms with Crippen LogP contribution in [-0.4, -0.2) is 3.96 Å². The van der Waals surface area contributed by atoms with Gasteiger partial charge in [0.1, 0.15) is 0 Å². The lowest BCUT2D eigenvalue weighted by atomic mass is 10.3. The Hall–Kier alpha value is -0.910. The maximum atomic E-state index is 12.1.